The van der Waals surface area contributed by atoms with Crippen LogP contribution in [-0.2, 0) is 11.2 Å². The predicted molar refractivity (Wildman–Crippen MR) is 89.7 cm³/mol. The molecule has 1 aromatic carbocycles. The third-order valence-corrected chi connectivity index (χ3v) is 4.23. The van der Waals surface area contributed by atoms with Gasteiger partial charge in [0.05, 0.1) is 13.5 Å². The number of pyridine rings is 1. The number of hydrogen-bond donors (Lipinski definition) is 0. The highest BCUT2D eigenvalue weighted by molar-refractivity contribution is 5.79. The molecule has 1 aliphatic rings. The second kappa shape index (κ2) is 7.29. The van der Waals surface area contributed by atoms with Gasteiger partial charge in [0, 0.05) is 44.3 Å². The minimum atomic E-state index is -0.440. The molecule has 0 radical (unpaired) electrons. The van der Waals surface area contributed by atoms with Gasteiger partial charge in [-0.1, -0.05) is 6.07 Å². The first-order valence-electron chi connectivity index (χ1n) is 7.92. The number of anilines is 1. The maximum Gasteiger partial charge on any atom is 0.227 e. The molecule has 5 nitrogen and oxygen atoms in total. The second-order valence-electron chi connectivity index (χ2n) is 5.72. The van der Waals surface area contributed by atoms with Crippen LogP contribution in [0.4, 0.5) is 10.1 Å². The van der Waals surface area contributed by atoms with Gasteiger partial charge in [0.25, 0.3) is 0 Å². The van der Waals surface area contributed by atoms with E-state index in [4.69, 9.17) is 4.74 Å². The molecule has 126 valence electrons. The van der Waals surface area contributed by atoms with E-state index in [9.17, 15) is 9.18 Å². The van der Waals surface area contributed by atoms with Crippen LogP contribution < -0.4 is 9.64 Å². The van der Waals surface area contributed by atoms with Crippen LogP contribution in [0.5, 0.6) is 5.75 Å². The van der Waals surface area contributed by atoms with Crippen molar-refractivity contribution in [3.05, 3.63) is 54.1 Å². The van der Waals surface area contributed by atoms with Crippen molar-refractivity contribution in [1.29, 1.82) is 0 Å². The smallest absolute Gasteiger partial charge is 0.227 e. The molecule has 0 N–H and O–H groups in total. The molecule has 0 atom stereocenters. The summed E-state index contributed by atoms with van der Waals surface area (Å²) in [5.41, 5.74) is 1.78. The largest absolute Gasteiger partial charge is 0.494 e. The monoisotopic (exact) mass is 329 g/mol. The van der Waals surface area contributed by atoms with Crippen LogP contribution in [-0.4, -0.2) is 49.1 Å². The fourth-order valence-corrected chi connectivity index (χ4v) is 2.88. The molecule has 24 heavy (non-hydrogen) atoms. The number of methoxy groups -OCH3 is 1. The Morgan fingerprint density at radius 1 is 1.17 bits per heavy atom. The molecule has 1 amide bonds. The van der Waals surface area contributed by atoms with Crippen molar-refractivity contribution < 1.29 is 13.9 Å². The standard InChI is InChI=1S/C18H20FN3O2/c1-24-17-3-2-14(12-16(17)19)13-18(23)22-10-8-21(9-11-22)15-4-6-20-7-5-15/h2-7,12H,8-11,13H2,1H3. The maximum absolute atomic E-state index is 13.7. The average molecular weight is 329 g/mol. The van der Waals surface area contributed by atoms with Crippen LogP contribution in [0, 0.1) is 5.82 Å². The first-order chi connectivity index (χ1) is 11.7. The van der Waals surface area contributed by atoms with Gasteiger partial charge in [-0.05, 0) is 29.8 Å². The van der Waals surface area contributed by atoms with E-state index in [1.807, 2.05) is 17.0 Å². The van der Waals surface area contributed by atoms with E-state index in [1.165, 1.54) is 13.2 Å². The molecule has 0 saturated carbocycles. The van der Waals surface area contributed by atoms with E-state index in [0.29, 0.717) is 18.7 Å². The third-order valence-electron chi connectivity index (χ3n) is 4.23. The quantitative estimate of drug-likeness (QED) is 0.862. The van der Waals surface area contributed by atoms with Crippen LogP contribution in [0.1, 0.15) is 5.56 Å². The van der Waals surface area contributed by atoms with Gasteiger partial charge in [-0.15, -0.1) is 0 Å². The molecule has 1 aliphatic heterocycles. The fraction of sp³-hybridized carbons (Fsp3) is 0.333. The van der Waals surface area contributed by atoms with Crippen LogP contribution in [0.2, 0.25) is 0 Å². The van der Waals surface area contributed by atoms with Crippen molar-refractivity contribution in [3.63, 3.8) is 0 Å². The molecule has 0 bridgehead atoms. The van der Waals surface area contributed by atoms with Gasteiger partial charge in [-0.3, -0.25) is 9.78 Å². The second-order valence-corrected chi connectivity index (χ2v) is 5.72. The molecule has 6 heteroatoms. The Bertz CT molecular complexity index is 701. The van der Waals surface area contributed by atoms with Gasteiger partial charge in [-0.2, -0.15) is 0 Å². The fourth-order valence-electron chi connectivity index (χ4n) is 2.88. The Labute approximate surface area is 140 Å². The molecule has 0 spiro atoms. The zero-order chi connectivity index (χ0) is 16.9. The number of carbonyl (C=O) groups excluding carboxylic acids is 1. The molecule has 2 heterocycles. The minimum absolute atomic E-state index is 0.0222. The zero-order valence-electron chi connectivity index (χ0n) is 13.6. The molecule has 3 rings (SSSR count). The van der Waals surface area contributed by atoms with Gasteiger partial charge >= 0.3 is 0 Å². The Morgan fingerprint density at radius 2 is 1.88 bits per heavy atom. The number of aromatic nitrogens is 1. The predicted octanol–water partition coefficient (Wildman–Crippen LogP) is 2.12. The van der Waals surface area contributed by atoms with Crippen molar-refractivity contribution in [1.82, 2.24) is 9.88 Å². The van der Waals surface area contributed by atoms with Gasteiger partial charge < -0.3 is 14.5 Å². The lowest BCUT2D eigenvalue weighted by Crippen LogP contribution is -2.49. The molecule has 0 aliphatic carbocycles. The summed E-state index contributed by atoms with van der Waals surface area (Å²) in [7, 11) is 1.42. The van der Waals surface area contributed by atoms with Crippen molar-refractivity contribution in [3.8, 4) is 5.75 Å². The maximum atomic E-state index is 13.7. The highest BCUT2D eigenvalue weighted by atomic mass is 19.1. The third kappa shape index (κ3) is 3.64. The summed E-state index contributed by atoms with van der Waals surface area (Å²) in [4.78, 5) is 20.5. The topological polar surface area (TPSA) is 45.7 Å². The zero-order valence-corrected chi connectivity index (χ0v) is 13.6. The summed E-state index contributed by atoms with van der Waals surface area (Å²) < 4.78 is 18.6. The van der Waals surface area contributed by atoms with Crippen LogP contribution in [0.3, 0.4) is 0 Å². The summed E-state index contributed by atoms with van der Waals surface area (Å²) in [5.74, 6) is -0.226. The van der Waals surface area contributed by atoms with Crippen molar-refractivity contribution >= 4 is 11.6 Å². The van der Waals surface area contributed by atoms with E-state index in [0.717, 1.165) is 18.8 Å². The summed E-state index contributed by atoms with van der Waals surface area (Å²) in [6, 6.07) is 8.59. The molecule has 0 unspecified atom stereocenters. The Morgan fingerprint density at radius 3 is 2.50 bits per heavy atom. The first-order valence-corrected chi connectivity index (χ1v) is 7.92. The van der Waals surface area contributed by atoms with Crippen LogP contribution in [0.15, 0.2) is 42.7 Å². The van der Waals surface area contributed by atoms with E-state index in [2.05, 4.69) is 9.88 Å². The van der Waals surface area contributed by atoms with Gasteiger partial charge in [0.2, 0.25) is 5.91 Å². The summed E-state index contributed by atoms with van der Waals surface area (Å²) in [6.45, 7) is 2.90. The van der Waals surface area contributed by atoms with E-state index < -0.39 is 5.82 Å². The van der Waals surface area contributed by atoms with Crippen LogP contribution >= 0.6 is 0 Å². The SMILES string of the molecule is COc1ccc(CC(=O)N2CCN(c3ccncc3)CC2)cc1F. The number of nitrogens with zero attached hydrogens (tertiary/aromatic N) is 3. The van der Waals surface area contributed by atoms with E-state index in [-0.39, 0.29) is 18.1 Å². The van der Waals surface area contributed by atoms with Crippen molar-refractivity contribution in [2.75, 3.05) is 38.2 Å². The Balaban J connectivity index is 1.56. The van der Waals surface area contributed by atoms with Crippen molar-refractivity contribution in [2.45, 2.75) is 6.42 Å². The minimum Gasteiger partial charge on any atom is -0.494 e. The van der Waals surface area contributed by atoms with Crippen molar-refractivity contribution in [2.24, 2.45) is 0 Å². The van der Waals surface area contributed by atoms with Crippen LogP contribution in [0.25, 0.3) is 0 Å². The number of ether oxygens (including phenoxy) is 1. The summed E-state index contributed by atoms with van der Waals surface area (Å²) >= 11 is 0. The lowest BCUT2D eigenvalue weighted by molar-refractivity contribution is -0.130. The summed E-state index contributed by atoms with van der Waals surface area (Å²) in [5, 5.41) is 0. The molecule has 2 aromatic rings. The molecular weight excluding hydrogens is 309 g/mol. The Hall–Kier alpha value is -2.63. The van der Waals surface area contributed by atoms with Gasteiger partial charge in [0.1, 0.15) is 0 Å². The molecule has 1 fully saturated rings. The molecule has 1 aromatic heterocycles. The number of piperazine rings is 1. The number of hydrogen-bond acceptors (Lipinski definition) is 4. The highest BCUT2D eigenvalue weighted by Crippen LogP contribution is 2.19. The average Bonchev–Trinajstić information content (AvgIpc) is 2.63. The Kier molecular flexibility index (Phi) is 4.93. The van der Waals surface area contributed by atoms with Gasteiger partial charge in [0.15, 0.2) is 11.6 Å². The number of halogens is 1. The normalized spacial score (nSPS) is 14.6. The number of benzene rings is 1. The van der Waals surface area contributed by atoms with Gasteiger partial charge in [-0.25, -0.2) is 4.39 Å². The number of amides is 1. The lowest BCUT2D eigenvalue weighted by atomic mass is 10.1. The molecule has 1 saturated heterocycles. The molecular formula is C18H20FN3O2. The first kappa shape index (κ1) is 16.2. The van der Waals surface area contributed by atoms with E-state index >= 15 is 0 Å². The number of rotatable bonds is 4. The van der Waals surface area contributed by atoms with E-state index in [1.54, 1.807) is 24.5 Å². The lowest BCUT2D eigenvalue weighted by Gasteiger charge is -2.36. The highest BCUT2D eigenvalue weighted by Gasteiger charge is 2.21. The number of carbonyl (C=O) groups is 1. The summed E-state index contributed by atoms with van der Waals surface area (Å²) in [6.07, 6.45) is 3.74.